The summed E-state index contributed by atoms with van der Waals surface area (Å²) in [4.78, 5) is 12.2. The van der Waals surface area contributed by atoms with Crippen LogP contribution < -0.4 is 5.32 Å². The highest BCUT2D eigenvalue weighted by Crippen LogP contribution is 2.22. The monoisotopic (exact) mass is 354 g/mol. The summed E-state index contributed by atoms with van der Waals surface area (Å²) in [6, 6.07) is 5.36. The second kappa shape index (κ2) is 6.70. The van der Waals surface area contributed by atoms with E-state index in [9.17, 15) is 17.6 Å². The number of rotatable bonds is 5. The molecule has 1 amide bonds. The molecular weight excluding hydrogens is 335 g/mol. The second-order valence-electron chi connectivity index (χ2n) is 5.50. The van der Waals surface area contributed by atoms with E-state index in [1.165, 1.54) is 43.0 Å². The summed E-state index contributed by atoms with van der Waals surface area (Å²) < 4.78 is 40.0. The summed E-state index contributed by atoms with van der Waals surface area (Å²) >= 11 is 0. The number of anilines is 1. The van der Waals surface area contributed by atoms with E-state index in [4.69, 9.17) is 0 Å². The fourth-order valence-electron chi connectivity index (χ4n) is 2.26. The Bertz CT molecular complexity index is 858. The topological polar surface area (TPSA) is 84.3 Å². The molecule has 2 aromatic rings. The van der Waals surface area contributed by atoms with Gasteiger partial charge in [0.05, 0.1) is 11.4 Å². The molecule has 0 atom stereocenters. The molecule has 24 heavy (non-hydrogen) atoms. The van der Waals surface area contributed by atoms with Crippen LogP contribution in [0.2, 0.25) is 0 Å². The van der Waals surface area contributed by atoms with Crippen LogP contribution in [-0.4, -0.2) is 42.5 Å². The van der Waals surface area contributed by atoms with Crippen LogP contribution >= 0.6 is 0 Å². The molecule has 1 aromatic heterocycles. The molecule has 0 saturated heterocycles. The Balaban J connectivity index is 2.22. The van der Waals surface area contributed by atoms with Gasteiger partial charge in [-0.15, -0.1) is 0 Å². The highest BCUT2D eigenvalue weighted by molar-refractivity contribution is 7.89. The fourth-order valence-corrected chi connectivity index (χ4v) is 3.52. The number of benzene rings is 1. The first-order valence-electron chi connectivity index (χ1n) is 7.15. The van der Waals surface area contributed by atoms with Gasteiger partial charge in [-0.3, -0.25) is 9.48 Å². The average Bonchev–Trinajstić information content (AvgIpc) is 2.76. The third-order valence-corrected chi connectivity index (χ3v) is 5.54. The molecule has 0 bridgehead atoms. The number of aromatic nitrogens is 2. The molecule has 130 valence electrons. The maximum absolute atomic E-state index is 12.9. The molecule has 0 aliphatic carbocycles. The van der Waals surface area contributed by atoms with Gasteiger partial charge in [-0.1, -0.05) is 0 Å². The molecule has 9 heteroatoms. The van der Waals surface area contributed by atoms with E-state index in [1.54, 1.807) is 13.8 Å². The van der Waals surface area contributed by atoms with Crippen molar-refractivity contribution in [3.63, 3.8) is 0 Å². The molecule has 2 rings (SSSR count). The molecule has 1 aromatic carbocycles. The average molecular weight is 354 g/mol. The number of amides is 1. The number of hydrogen-bond acceptors (Lipinski definition) is 4. The summed E-state index contributed by atoms with van der Waals surface area (Å²) in [5.74, 6) is -0.786. The van der Waals surface area contributed by atoms with Crippen molar-refractivity contribution in [2.75, 3.05) is 19.4 Å². The maximum Gasteiger partial charge on any atom is 0.246 e. The molecular formula is C15H19FN4O3S. The normalized spacial score (nSPS) is 11.8. The molecule has 0 fully saturated rings. The smallest absolute Gasteiger partial charge is 0.246 e. The number of aryl methyl sites for hydroxylation is 1. The number of carbonyl (C=O) groups excluding carboxylic acids is 1. The van der Waals surface area contributed by atoms with Gasteiger partial charge in [0.2, 0.25) is 15.9 Å². The third-order valence-electron chi connectivity index (χ3n) is 3.48. The molecule has 0 saturated carbocycles. The van der Waals surface area contributed by atoms with E-state index in [0.29, 0.717) is 17.1 Å². The van der Waals surface area contributed by atoms with Crippen LogP contribution in [0.15, 0.2) is 29.2 Å². The van der Waals surface area contributed by atoms with Crippen LogP contribution in [0, 0.1) is 19.7 Å². The largest absolute Gasteiger partial charge is 0.324 e. The quantitative estimate of drug-likeness (QED) is 0.882. The third kappa shape index (κ3) is 3.62. The predicted octanol–water partition coefficient (Wildman–Crippen LogP) is 1.53. The number of carbonyl (C=O) groups is 1. The van der Waals surface area contributed by atoms with Gasteiger partial charge in [-0.05, 0) is 38.1 Å². The van der Waals surface area contributed by atoms with Gasteiger partial charge in [0, 0.05) is 19.8 Å². The second-order valence-corrected chi connectivity index (χ2v) is 7.59. The lowest BCUT2D eigenvalue weighted by Crippen LogP contribution is -2.24. The Hall–Kier alpha value is -2.26. The Morgan fingerprint density at radius 3 is 2.38 bits per heavy atom. The van der Waals surface area contributed by atoms with E-state index in [0.717, 1.165) is 4.31 Å². The maximum atomic E-state index is 12.9. The summed E-state index contributed by atoms with van der Waals surface area (Å²) in [6.45, 7) is 3.03. The number of hydrogen-bond donors (Lipinski definition) is 1. The van der Waals surface area contributed by atoms with E-state index in [1.807, 2.05) is 0 Å². The van der Waals surface area contributed by atoms with Crippen LogP contribution in [0.1, 0.15) is 11.4 Å². The minimum Gasteiger partial charge on any atom is -0.324 e. The minimum absolute atomic E-state index is 0.0992. The zero-order valence-electron chi connectivity index (χ0n) is 13.9. The Morgan fingerprint density at radius 2 is 1.83 bits per heavy atom. The van der Waals surface area contributed by atoms with Crippen LogP contribution in [0.25, 0.3) is 0 Å². The van der Waals surface area contributed by atoms with Crippen molar-refractivity contribution in [1.29, 1.82) is 0 Å². The molecule has 0 radical (unpaired) electrons. The Kier molecular flexibility index (Phi) is 5.05. The zero-order valence-corrected chi connectivity index (χ0v) is 14.7. The van der Waals surface area contributed by atoms with Crippen molar-refractivity contribution in [2.24, 2.45) is 0 Å². The lowest BCUT2D eigenvalue weighted by atomic mass is 10.3. The minimum atomic E-state index is -3.64. The molecule has 7 nitrogen and oxygen atoms in total. The molecule has 0 aliphatic heterocycles. The number of sulfonamides is 1. The summed E-state index contributed by atoms with van der Waals surface area (Å²) in [7, 11) is -0.766. The van der Waals surface area contributed by atoms with Gasteiger partial charge in [-0.2, -0.15) is 5.10 Å². The predicted molar refractivity (Wildman–Crippen MR) is 87.6 cm³/mol. The Labute approximate surface area is 140 Å². The van der Waals surface area contributed by atoms with Gasteiger partial charge < -0.3 is 5.32 Å². The van der Waals surface area contributed by atoms with Crippen LogP contribution in [0.4, 0.5) is 10.1 Å². The number of halogens is 1. The van der Waals surface area contributed by atoms with Gasteiger partial charge in [0.15, 0.2) is 0 Å². The van der Waals surface area contributed by atoms with E-state index in [2.05, 4.69) is 10.4 Å². The van der Waals surface area contributed by atoms with Crippen LogP contribution in [0.3, 0.4) is 0 Å². The standard InChI is InChI=1S/C15H19FN4O3S/c1-10-15(24(22,23)19(3)4)11(2)20(18-10)9-14(21)17-13-7-5-12(16)6-8-13/h5-8H,9H2,1-4H3,(H,17,21). The number of nitrogens with one attached hydrogen (secondary N) is 1. The van der Waals surface area contributed by atoms with Gasteiger partial charge in [0.1, 0.15) is 17.3 Å². The molecule has 1 heterocycles. The first-order valence-corrected chi connectivity index (χ1v) is 8.59. The summed E-state index contributed by atoms with van der Waals surface area (Å²) in [5.41, 5.74) is 1.16. The van der Waals surface area contributed by atoms with Crippen molar-refractivity contribution in [3.8, 4) is 0 Å². The van der Waals surface area contributed by atoms with E-state index < -0.39 is 15.8 Å². The zero-order chi connectivity index (χ0) is 18.1. The van der Waals surface area contributed by atoms with Crippen molar-refractivity contribution >= 4 is 21.6 Å². The SMILES string of the molecule is Cc1nn(CC(=O)Nc2ccc(F)cc2)c(C)c1S(=O)(=O)N(C)C. The van der Waals surface area contributed by atoms with Crippen LogP contribution in [0.5, 0.6) is 0 Å². The van der Waals surface area contributed by atoms with Crippen molar-refractivity contribution in [2.45, 2.75) is 25.3 Å². The van der Waals surface area contributed by atoms with Crippen LogP contribution in [-0.2, 0) is 21.4 Å². The fraction of sp³-hybridized carbons (Fsp3) is 0.333. The summed E-state index contributed by atoms with van der Waals surface area (Å²) in [5, 5.41) is 6.75. The molecule has 1 N–H and O–H groups in total. The first-order chi connectivity index (χ1) is 11.1. The lowest BCUT2D eigenvalue weighted by molar-refractivity contribution is -0.116. The van der Waals surface area contributed by atoms with Crippen molar-refractivity contribution < 1.29 is 17.6 Å². The molecule has 0 spiro atoms. The van der Waals surface area contributed by atoms with E-state index >= 15 is 0 Å². The highest BCUT2D eigenvalue weighted by Gasteiger charge is 2.27. The lowest BCUT2D eigenvalue weighted by Gasteiger charge is -2.12. The molecule has 0 unspecified atom stereocenters. The van der Waals surface area contributed by atoms with E-state index in [-0.39, 0.29) is 17.3 Å². The molecule has 0 aliphatic rings. The van der Waals surface area contributed by atoms with Gasteiger partial charge in [-0.25, -0.2) is 17.1 Å². The Morgan fingerprint density at radius 1 is 1.25 bits per heavy atom. The first kappa shape index (κ1) is 18.1. The van der Waals surface area contributed by atoms with Crippen molar-refractivity contribution in [1.82, 2.24) is 14.1 Å². The van der Waals surface area contributed by atoms with Gasteiger partial charge in [0.25, 0.3) is 0 Å². The highest BCUT2D eigenvalue weighted by atomic mass is 32.2. The summed E-state index contributed by atoms with van der Waals surface area (Å²) in [6.07, 6.45) is 0. The van der Waals surface area contributed by atoms with Gasteiger partial charge >= 0.3 is 0 Å². The van der Waals surface area contributed by atoms with Crippen molar-refractivity contribution in [3.05, 3.63) is 41.5 Å². The number of nitrogens with zero attached hydrogens (tertiary/aromatic N) is 3.